The molecule has 1 heterocycles. The largest absolute Gasteiger partial charge is 0.352 e. The van der Waals surface area contributed by atoms with Gasteiger partial charge in [0.25, 0.3) is 0 Å². The molecule has 4 rings (SSSR count). The van der Waals surface area contributed by atoms with Crippen LogP contribution in [0.5, 0.6) is 0 Å². The SMILES string of the molecule is CCCC1COC(CCc2ccc(C#Cc3ccc4cc(F)ccc4c3)c(F)c2)OC1. The van der Waals surface area contributed by atoms with E-state index in [2.05, 4.69) is 18.8 Å². The smallest absolute Gasteiger partial charge is 0.157 e. The minimum atomic E-state index is -0.332. The van der Waals surface area contributed by atoms with Crippen LogP contribution in [-0.2, 0) is 15.9 Å². The van der Waals surface area contributed by atoms with Gasteiger partial charge in [-0.25, -0.2) is 8.78 Å². The third-order valence-corrected chi connectivity index (χ3v) is 5.58. The van der Waals surface area contributed by atoms with Crippen LogP contribution in [0.25, 0.3) is 10.8 Å². The van der Waals surface area contributed by atoms with Crippen molar-refractivity contribution in [3.05, 3.63) is 82.9 Å². The molecular formula is C27H26F2O2. The maximum Gasteiger partial charge on any atom is 0.157 e. The van der Waals surface area contributed by atoms with E-state index in [1.807, 2.05) is 24.3 Å². The number of fused-ring (bicyclic) bond motifs is 1. The second-order valence-electron chi connectivity index (χ2n) is 8.06. The summed E-state index contributed by atoms with van der Waals surface area (Å²) in [5, 5.41) is 1.71. The third-order valence-electron chi connectivity index (χ3n) is 5.58. The Kier molecular flexibility index (Phi) is 6.96. The number of ether oxygens (including phenoxy) is 2. The molecule has 1 aliphatic heterocycles. The number of aryl methyl sites for hydroxylation is 1. The van der Waals surface area contributed by atoms with Crippen LogP contribution in [0, 0.1) is 29.4 Å². The Morgan fingerprint density at radius 1 is 0.871 bits per heavy atom. The molecule has 0 N–H and O–H groups in total. The summed E-state index contributed by atoms with van der Waals surface area (Å²) < 4.78 is 39.4. The number of benzene rings is 3. The fourth-order valence-electron chi connectivity index (χ4n) is 3.86. The summed E-state index contributed by atoms with van der Waals surface area (Å²) in [5.74, 6) is 5.80. The van der Waals surface area contributed by atoms with Gasteiger partial charge in [-0.2, -0.15) is 0 Å². The molecule has 0 radical (unpaired) electrons. The summed E-state index contributed by atoms with van der Waals surface area (Å²) >= 11 is 0. The molecule has 3 aromatic carbocycles. The lowest BCUT2D eigenvalue weighted by molar-refractivity contribution is -0.203. The van der Waals surface area contributed by atoms with E-state index in [1.54, 1.807) is 12.1 Å². The molecule has 160 valence electrons. The number of rotatable bonds is 5. The van der Waals surface area contributed by atoms with Crippen molar-refractivity contribution in [2.45, 2.75) is 38.9 Å². The standard InChI is InChI=1S/C27H26F2O2/c1-2-3-21-17-30-27(31-18-21)13-7-20-5-9-22(26(29)15-20)8-4-19-6-10-24-16-25(28)12-11-23(24)14-19/h5-6,9-12,14-16,21,27H,2-3,7,13,17-18H2,1H3. The molecule has 0 bridgehead atoms. The highest BCUT2D eigenvalue weighted by atomic mass is 19.1. The molecule has 31 heavy (non-hydrogen) atoms. The molecule has 0 amide bonds. The van der Waals surface area contributed by atoms with E-state index in [0.29, 0.717) is 24.3 Å². The van der Waals surface area contributed by atoms with Gasteiger partial charge in [-0.3, -0.25) is 0 Å². The molecule has 0 unspecified atom stereocenters. The highest BCUT2D eigenvalue weighted by Gasteiger charge is 2.21. The Balaban J connectivity index is 1.37. The van der Waals surface area contributed by atoms with Gasteiger partial charge < -0.3 is 9.47 Å². The first-order valence-corrected chi connectivity index (χ1v) is 10.8. The predicted octanol–water partition coefficient (Wildman–Crippen LogP) is 6.24. The fraction of sp³-hybridized carbons (Fsp3) is 0.333. The van der Waals surface area contributed by atoms with Crippen molar-refractivity contribution in [2.75, 3.05) is 13.2 Å². The van der Waals surface area contributed by atoms with Gasteiger partial charge in [0.15, 0.2) is 6.29 Å². The molecule has 1 fully saturated rings. The molecule has 1 aliphatic rings. The zero-order valence-corrected chi connectivity index (χ0v) is 17.7. The summed E-state index contributed by atoms with van der Waals surface area (Å²) in [6.45, 7) is 3.65. The third kappa shape index (κ3) is 5.70. The second kappa shape index (κ2) is 10.0. The van der Waals surface area contributed by atoms with E-state index in [4.69, 9.17) is 9.47 Å². The van der Waals surface area contributed by atoms with Crippen molar-refractivity contribution < 1.29 is 18.3 Å². The Hall–Kier alpha value is -2.74. The second-order valence-corrected chi connectivity index (χ2v) is 8.06. The number of hydrogen-bond acceptors (Lipinski definition) is 2. The first kappa shape index (κ1) is 21.5. The molecule has 4 heteroatoms. The van der Waals surface area contributed by atoms with Gasteiger partial charge in [-0.05, 0) is 65.6 Å². The first-order chi connectivity index (χ1) is 15.1. The molecule has 0 saturated carbocycles. The molecule has 3 aromatic rings. The van der Waals surface area contributed by atoms with Crippen LogP contribution in [0.15, 0.2) is 54.6 Å². The molecule has 1 saturated heterocycles. The Bertz CT molecular complexity index is 1110. The van der Waals surface area contributed by atoms with Gasteiger partial charge in [0.2, 0.25) is 0 Å². The number of halogens is 2. The summed E-state index contributed by atoms with van der Waals surface area (Å²) in [6.07, 6.45) is 3.45. The first-order valence-electron chi connectivity index (χ1n) is 10.8. The molecule has 0 aromatic heterocycles. The summed E-state index contributed by atoms with van der Waals surface area (Å²) in [4.78, 5) is 0. The van der Waals surface area contributed by atoms with Crippen LogP contribution < -0.4 is 0 Å². The van der Waals surface area contributed by atoms with Gasteiger partial charge in [-0.1, -0.05) is 43.4 Å². The minimum Gasteiger partial charge on any atom is -0.352 e. The zero-order chi connectivity index (χ0) is 21.6. The minimum absolute atomic E-state index is 0.211. The van der Waals surface area contributed by atoms with Crippen molar-refractivity contribution >= 4 is 10.8 Å². The summed E-state index contributed by atoms with van der Waals surface area (Å²) in [6, 6.07) is 15.3. The predicted molar refractivity (Wildman–Crippen MR) is 119 cm³/mol. The van der Waals surface area contributed by atoms with Crippen molar-refractivity contribution in [2.24, 2.45) is 5.92 Å². The molecule has 0 aliphatic carbocycles. The van der Waals surface area contributed by atoms with Crippen LogP contribution in [0.1, 0.15) is 42.9 Å². The maximum absolute atomic E-state index is 14.5. The normalized spacial score (nSPS) is 18.5. The average Bonchev–Trinajstić information content (AvgIpc) is 2.78. The van der Waals surface area contributed by atoms with Crippen LogP contribution in [0.4, 0.5) is 8.78 Å². The molecular weight excluding hydrogens is 394 g/mol. The van der Waals surface area contributed by atoms with E-state index < -0.39 is 0 Å². The zero-order valence-electron chi connectivity index (χ0n) is 17.7. The highest BCUT2D eigenvalue weighted by Crippen LogP contribution is 2.20. The highest BCUT2D eigenvalue weighted by molar-refractivity contribution is 5.83. The Morgan fingerprint density at radius 2 is 1.65 bits per heavy atom. The molecule has 2 nitrogen and oxygen atoms in total. The Morgan fingerprint density at radius 3 is 2.42 bits per heavy atom. The Labute approximate surface area is 182 Å². The van der Waals surface area contributed by atoms with Gasteiger partial charge in [-0.15, -0.1) is 0 Å². The van der Waals surface area contributed by atoms with Crippen LogP contribution >= 0.6 is 0 Å². The van der Waals surface area contributed by atoms with Crippen molar-refractivity contribution in [3.8, 4) is 11.8 Å². The lowest BCUT2D eigenvalue weighted by atomic mass is 10.0. The number of hydrogen-bond donors (Lipinski definition) is 0. The van der Waals surface area contributed by atoms with E-state index >= 15 is 0 Å². The van der Waals surface area contributed by atoms with Crippen molar-refractivity contribution in [1.82, 2.24) is 0 Å². The van der Waals surface area contributed by atoms with Gasteiger partial charge in [0.1, 0.15) is 11.6 Å². The summed E-state index contributed by atoms with van der Waals surface area (Å²) in [7, 11) is 0. The lowest BCUT2D eigenvalue weighted by Gasteiger charge is -2.29. The molecule has 0 atom stereocenters. The van der Waals surface area contributed by atoms with Gasteiger partial charge >= 0.3 is 0 Å². The van der Waals surface area contributed by atoms with Crippen molar-refractivity contribution in [3.63, 3.8) is 0 Å². The van der Waals surface area contributed by atoms with Gasteiger partial charge in [0.05, 0.1) is 18.8 Å². The summed E-state index contributed by atoms with van der Waals surface area (Å²) in [5.41, 5.74) is 2.02. The van der Waals surface area contributed by atoms with Crippen LogP contribution in [0.3, 0.4) is 0 Å². The lowest BCUT2D eigenvalue weighted by Crippen LogP contribution is -2.32. The van der Waals surface area contributed by atoms with E-state index in [-0.39, 0.29) is 17.9 Å². The quantitative estimate of drug-likeness (QED) is 0.455. The fourth-order valence-corrected chi connectivity index (χ4v) is 3.86. The van der Waals surface area contributed by atoms with Crippen LogP contribution in [-0.4, -0.2) is 19.5 Å². The monoisotopic (exact) mass is 420 g/mol. The topological polar surface area (TPSA) is 18.5 Å². The maximum atomic E-state index is 14.5. The molecule has 0 spiro atoms. The van der Waals surface area contributed by atoms with Gasteiger partial charge in [0, 0.05) is 17.9 Å². The van der Waals surface area contributed by atoms with E-state index in [0.717, 1.165) is 48.0 Å². The van der Waals surface area contributed by atoms with Crippen molar-refractivity contribution in [1.29, 1.82) is 0 Å². The van der Waals surface area contributed by atoms with E-state index in [9.17, 15) is 8.78 Å². The van der Waals surface area contributed by atoms with E-state index in [1.165, 1.54) is 18.2 Å². The average molecular weight is 420 g/mol. The van der Waals surface area contributed by atoms with Crippen LogP contribution in [0.2, 0.25) is 0 Å².